The molecule has 0 amide bonds. The zero-order valence-corrected chi connectivity index (χ0v) is 26.8. The van der Waals surface area contributed by atoms with Crippen molar-refractivity contribution in [3.05, 3.63) is 121 Å². The Kier molecular flexibility index (Phi) is 7.54. The highest BCUT2D eigenvalue weighted by Crippen LogP contribution is 2.58. The zero-order chi connectivity index (χ0) is 31.5. The van der Waals surface area contributed by atoms with Crippen molar-refractivity contribution in [1.29, 1.82) is 0 Å². The Morgan fingerprint density at radius 2 is 1.20 bits per heavy atom. The summed E-state index contributed by atoms with van der Waals surface area (Å²) >= 11 is 0. The Hall–Kier alpha value is -3.20. The van der Waals surface area contributed by atoms with E-state index in [2.05, 4.69) is 36.4 Å². The van der Waals surface area contributed by atoms with Gasteiger partial charge in [0, 0.05) is 12.1 Å². The molecule has 4 aliphatic heterocycles. The molecule has 4 aliphatic rings. The summed E-state index contributed by atoms with van der Waals surface area (Å²) in [6, 6.07) is 37.8. The summed E-state index contributed by atoms with van der Waals surface area (Å²) in [5.41, 5.74) is 0.936. The molecule has 0 aliphatic carbocycles. The van der Waals surface area contributed by atoms with Crippen LogP contribution in [0.4, 0.5) is 8.78 Å². The van der Waals surface area contributed by atoms with Crippen LogP contribution in [-0.4, -0.2) is 55.2 Å². The fraction of sp³-hybridized carbons (Fsp3) is 0.333. The molecule has 2 bridgehead atoms. The molecule has 8 rings (SSSR count). The Labute approximate surface area is 268 Å². The summed E-state index contributed by atoms with van der Waals surface area (Å²) in [6.07, 6.45) is 1.64. The van der Waals surface area contributed by atoms with Gasteiger partial charge >= 0.3 is 15.4 Å². The molecule has 10 heteroatoms. The van der Waals surface area contributed by atoms with Crippen molar-refractivity contribution in [3.8, 4) is 5.75 Å². The van der Waals surface area contributed by atoms with E-state index in [4.69, 9.17) is 13.7 Å². The summed E-state index contributed by atoms with van der Waals surface area (Å²) in [5, 5.41) is -0.583. The van der Waals surface area contributed by atoms with E-state index in [0.717, 1.165) is 31.2 Å². The second-order valence-corrected chi connectivity index (χ2v) is 17.8. The van der Waals surface area contributed by atoms with E-state index in [1.807, 2.05) is 59.5 Å². The van der Waals surface area contributed by atoms with Gasteiger partial charge < -0.3 is 13.7 Å². The fourth-order valence-electron chi connectivity index (χ4n) is 7.60. The molecule has 4 aromatic carbocycles. The van der Waals surface area contributed by atoms with Gasteiger partial charge in [-0.05, 0) is 79.8 Å². The second-order valence-electron chi connectivity index (χ2n) is 12.7. The maximum atomic E-state index is 15.5. The van der Waals surface area contributed by atoms with E-state index < -0.39 is 35.0 Å². The minimum absolute atomic E-state index is 0.0714. The van der Waals surface area contributed by atoms with Crippen molar-refractivity contribution < 1.29 is 30.9 Å². The van der Waals surface area contributed by atoms with Gasteiger partial charge in [-0.15, -0.1) is 0 Å². The number of halogens is 2. The Morgan fingerprint density at radius 3 is 1.67 bits per heavy atom. The van der Waals surface area contributed by atoms with Crippen molar-refractivity contribution in [2.24, 2.45) is 0 Å². The van der Waals surface area contributed by atoms with Crippen molar-refractivity contribution >= 4 is 33.3 Å². The molecule has 0 N–H and O–H groups in total. The van der Waals surface area contributed by atoms with Gasteiger partial charge in [-0.3, -0.25) is 4.90 Å². The minimum Gasteiger partial charge on any atom is -0.378 e. The SMILES string of the molecule is O=S(=O)(Oc1ccc(C[P+](c2ccccc2)(c2ccccc2)c2ccccc2)cc1)C(F)(F)C1OC1N1C2CCC1CC1OC1C2. The number of hydrogen-bond acceptors (Lipinski definition) is 6. The van der Waals surface area contributed by atoms with E-state index in [9.17, 15) is 8.42 Å². The van der Waals surface area contributed by atoms with Crippen LogP contribution in [0.5, 0.6) is 5.75 Å². The van der Waals surface area contributed by atoms with Crippen LogP contribution >= 0.6 is 7.26 Å². The number of alkyl halides is 2. The van der Waals surface area contributed by atoms with Crippen LogP contribution in [0.2, 0.25) is 0 Å². The topological polar surface area (TPSA) is 71.7 Å². The van der Waals surface area contributed by atoms with Gasteiger partial charge in [-0.25, -0.2) is 0 Å². The second kappa shape index (κ2) is 11.5. The maximum absolute atomic E-state index is 15.5. The molecule has 0 spiro atoms. The van der Waals surface area contributed by atoms with Gasteiger partial charge in [0.15, 0.2) is 6.10 Å². The Morgan fingerprint density at radius 1 is 0.717 bits per heavy atom. The number of rotatable bonds is 10. The van der Waals surface area contributed by atoms with Crippen LogP contribution in [0.25, 0.3) is 0 Å². The van der Waals surface area contributed by atoms with Gasteiger partial charge in [0.05, 0.1) is 18.4 Å². The van der Waals surface area contributed by atoms with Crippen LogP contribution in [0.1, 0.15) is 31.2 Å². The molecular formula is C36H35F2NO5PS+. The number of epoxide rings is 2. The molecule has 4 aromatic rings. The van der Waals surface area contributed by atoms with E-state index in [-0.39, 0.29) is 30.0 Å². The molecule has 0 aromatic heterocycles. The first kappa shape index (κ1) is 30.2. The predicted octanol–water partition coefficient (Wildman–Crippen LogP) is 5.60. The lowest BCUT2D eigenvalue weighted by molar-refractivity contribution is 0.0496. The summed E-state index contributed by atoms with van der Waals surface area (Å²) in [7, 11) is -7.53. The summed E-state index contributed by atoms with van der Waals surface area (Å²) < 4.78 is 73.2. The summed E-state index contributed by atoms with van der Waals surface area (Å²) in [4.78, 5) is 1.97. The molecule has 6 unspecified atom stereocenters. The van der Waals surface area contributed by atoms with Crippen LogP contribution in [-0.2, 0) is 25.8 Å². The molecule has 4 fully saturated rings. The smallest absolute Gasteiger partial charge is 0.378 e. The van der Waals surface area contributed by atoms with Crippen molar-refractivity contribution in [2.45, 2.75) is 73.7 Å². The van der Waals surface area contributed by atoms with Crippen molar-refractivity contribution in [2.75, 3.05) is 0 Å². The first-order valence-corrected chi connectivity index (χ1v) is 19.2. The molecule has 0 saturated carbocycles. The molecule has 0 radical (unpaired) electrons. The van der Waals surface area contributed by atoms with Gasteiger partial charge in [-0.2, -0.15) is 17.2 Å². The average Bonchev–Trinajstić information content (AvgIpc) is 3.98. The summed E-state index contributed by atoms with van der Waals surface area (Å²) in [5.74, 6) is -0.157. The quantitative estimate of drug-likeness (QED) is 0.125. The standard InChI is InChI=1S/C36H35F2NO5PS/c37-36(38,34-35(43-34)39-26-18-19-27(39)23-33-32(22-26)42-33)46(40,41)44-28-20-16-25(17-21-28)24-45(29-10-4-1-5-11-29,30-12-6-2-7-13-30)31-14-8-3-9-15-31/h1-17,20-21,26-27,32-35H,18-19,22-24H2/q+1. The average molecular weight is 663 g/mol. The Bertz CT molecular complexity index is 1680. The van der Waals surface area contributed by atoms with Gasteiger partial charge in [0.1, 0.15) is 35.2 Å². The highest BCUT2D eigenvalue weighted by Gasteiger charge is 2.70. The zero-order valence-electron chi connectivity index (χ0n) is 25.1. The molecule has 238 valence electrons. The van der Waals surface area contributed by atoms with E-state index in [1.54, 1.807) is 12.1 Å². The third-order valence-electron chi connectivity index (χ3n) is 9.94. The van der Waals surface area contributed by atoms with E-state index in [0.29, 0.717) is 6.16 Å². The third-order valence-corrected chi connectivity index (χ3v) is 15.6. The van der Waals surface area contributed by atoms with Crippen LogP contribution in [0.3, 0.4) is 0 Å². The minimum atomic E-state index is -5.33. The fourth-order valence-corrected chi connectivity index (χ4v) is 12.8. The number of nitrogens with zero attached hydrogens (tertiary/aromatic N) is 1. The van der Waals surface area contributed by atoms with Crippen LogP contribution in [0, 0.1) is 0 Å². The highest BCUT2D eigenvalue weighted by molar-refractivity contribution is 7.95. The largest absolute Gasteiger partial charge is 0.409 e. The first-order chi connectivity index (χ1) is 22.3. The van der Waals surface area contributed by atoms with Crippen molar-refractivity contribution in [1.82, 2.24) is 4.90 Å². The first-order valence-electron chi connectivity index (χ1n) is 15.8. The number of ether oxygens (including phenoxy) is 2. The van der Waals surface area contributed by atoms with Crippen LogP contribution in [0.15, 0.2) is 115 Å². The van der Waals surface area contributed by atoms with E-state index in [1.165, 1.54) is 28.0 Å². The molecule has 46 heavy (non-hydrogen) atoms. The lowest BCUT2D eigenvalue weighted by atomic mass is 10.0. The van der Waals surface area contributed by atoms with Crippen LogP contribution < -0.4 is 20.1 Å². The lowest BCUT2D eigenvalue weighted by Gasteiger charge is -2.28. The van der Waals surface area contributed by atoms with E-state index >= 15 is 8.78 Å². The van der Waals surface area contributed by atoms with Gasteiger partial charge in [0.25, 0.3) is 0 Å². The lowest BCUT2D eigenvalue weighted by Crippen LogP contribution is -2.45. The number of fused-ring (bicyclic) bond motifs is 3. The maximum Gasteiger partial charge on any atom is 0.409 e. The molecular weight excluding hydrogens is 627 g/mol. The highest BCUT2D eigenvalue weighted by atomic mass is 32.2. The summed E-state index contributed by atoms with van der Waals surface area (Å²) in [6.45, 7) is 0. The molecule has 6 nitrogen and oxygen atoms in total. The van der Waals surface area contributed by atoms with Crippen molar-refractivity contribution in [3.63, 3.8) is 0 Å². The monoisotopic (exact) mass is 662 g/mol. The Balaban J connectivity index is 1.03. The molecule has 4 saturated heterocycles. The van der Waals surface area contributed by atoms with Gasteiger partial charge in [-0.1, -0.05) is 66.7 Å². The third kappa shape index (κ3) is 5.26. The molecule has 6 atom stereocenters. The predicted molar refractivity (Wildman–Crippen MR) is 175 cm³/mol. The number of hydrogen-bond donors (Lipinski definition) is 0. The molecule has 4 heterocycles. The normalized spacial score (nSPS) is 27.4. The van der Waals surface area contributed by atoms with Gasteiger partial charge in [0.2, 0.25) is 0 Å². The number of benzene rings is 4.